The van der Waals surface area contributed by atoms with Crippen LogP contribution in [0.25, 0.3) is 0 Å². The van der Waals surface area contributed by atoms with Crippen molar-refractivity contribution in [1.29, 1.82) is 0 Å². The number of rotatable bonds is 4. The Morgan fingerprint density at radius 3 is 2.50 bits per heavy atom. The zero-order valence-corrected chi connectivity index (χ0v) is 12.0. The molecule has 0 heterocycles. The average molecular weight is 276 g/mol. The molecule has 5 heteroatoms. The first-order valence-corrected chi connectivity index (χ1v) is 6.73. The second-order valence-corrected chi connectivity index (χ2v) is 5.88. The Balaban J connectivity index is 2.13. The highest BCUT2D eigenvalue weighted by atomic mass is 16.4. The van der Waals surface area contributed by atoms with Crippen LogP contribution in [0.5, 0.6) is 0 Å². The predicted molar refractivity (Wildman–Crippen MR) is 77.1 cm³/mol. The van der Waals surface area contributed by atoms with Crippen molar-refractivity contribution in [3.05, 3.63) is 29.3 Å². The van der Waals surface area contributed by atoms with Crippen LogP contribution in [0.4, 0.5) is 10.5 Å². The van der Waals surface area contributed by atoms with E-state index in [9.17, 15) is 9.59 Å². The second kappa shape index (κ2) is 5.15. The predicted octanol–water partition coefficient (Wildman–Crippen LogP) is 3.00. The normalized spacial score (nSPS) is 14.8. The molecule has 1 saturated carbocycles. The van der Waals surface area contributed by atoms with E-state index in [2.05, 4.69) is 10.6 Å². The number of carbonyl (C=O) groups is 2. The summed E-state index contributed by atoms with van der Waals surface area (Å²) in [4.78, 5) is 23.3. The summed E-state index contributed by atoms with van der Waals surface area (Å²) in [6, 6.07) is 4.56. The molecule has 5 nitrogen and oxygen atoms in total. The summed E-state index contributed by atoms with van der Waals surface area (Å²) in [6.07, 6.45) is 2.25. The van der Waals surface area contributed by atoms with Crippen molar-refractivity contribution in [3.63, 3.8) is 0 Å². The molecule has 1 aliphatic carbocycles. The van der Waals surface area contributed by atoms with Crippen molar-refractivity contribution >= 4 is 17.7 Å². The zero-order chi connectivity index (χ0) is 14.9. The summed E-state index contributed by atoms with van der Waals surface area (Å²) in [6.45, 7) is 5.74. The average Bonchev–Trinajstić information content (AvgIpc) is 3.14. The molecule has 0 atom stereocenters. The van der Waals surface area contributed by atoms with Gasteiger partial charge in [-0.25, -0.2) is 9.59 Å². The summed E-state index contributed by atoms with van der Waals surface area (Å²) >= 11 is 0. The van der Waals surface area contributed by atoms with Gasteiger partial charge < -0.3 is 15.7 Å². The van der Waals surface area contributed by atoms with Gasteiger partial charge in [0.15, 0.2) is 0 Å². The van der Waals surface area contributed by atoms with Crippen molar-refractivity contribution < 1.29 is 14.7 Å². The van der Waals surface area contributed by atoms with Crippen LogP contribution in [-0.2, 0) is 0 Å². The molecule has 0 aliphatic heterocycles. The number of aryl methyl sites for hydroxylation is 1. The lowest BCUT2D eigenvalue weighted by Gasteiger charge is -2.26. The van der Waals surface area contributed by atoms with E-state index in [1.165, 1.54) is 6.07 Å². The fourth-order valence-electron chi connectivity index (χ4n) is 2.36. The lowest BCUT2D eigenvalue weighted by molar-refractivity contribution is 0.0698. The molecule has 2 rings (SSSR count). The first kappa shape index (κ1) is 14.4. The van der Waals surface area contributed by atoms with Gasteiger partial charge in [-0.2, -0.15) is 0 Å². The SMILES string of the molecule is Cc1cccc(C(=O)O)c1NC(=O)NC(C)(C)C1CC1. The maximum Gasteiger partial charge on any atom is 0.337 e. The number of benzene rings is 1. The maximum absolute atomic E-state index is 12.1. The number of anilines is 1. The van der Waals surface area contributed by atoms with E-state index in [4.69, 9.17) is 5.11 Å². The molecule has 20 heavy (non-hydrogen) atoms. The van der Waals surface area contributed by atoms with Crippen LogP contribution >= 0.6 is 0 Å². The Kier molecular flexibility index (Phi) is 3.70. The molecule has 0 radical (unpaired) electrons. The Morgan fingerprint density at radius 2 is 1.95 bits per heavy atom. The van der Waals surface area contributed by atoms with E-state index < -0.39 is 5.97 Å². The minimum atomic E-state index is -1.05. The number of amides is 2. The Morgan fingerprint density at radius 1 is 1.30 bits per heavy atom. The fraction of sp³-hybridized carbons (Fsp3) is 0.467. The van der Waals surface area contributed by atoms with Gasteiger partial charge >= 0.3 is 12.0 Å². The molecule has 2 amide bonds. The molecule has 0 aromatic heterocycles. The first-order chi connectivity index (χ1) is 9.31. The number of hydrogen-bond donors (Lipinski definition) is 3. The minimum Gasteiger partial charge on any atom is -0.478 e. The molecule has 0 saturated heterocycles. The van der Waals surface area contributed by atoms with Gasteiger partial charge in [-0.3, -0.25) is 0 Å². The summed E-state index contributed by atoms with van der Waals surface area (Å²) in [5.41, 5.74) is 0.911. The van der Waals surface area contributed by atoms with E-state index in [0.717, 1.165) is 18.4 Å². The van der Waals surface area contributed by atoms with Crippen LogP contribution in [0, 0.1) is 12.8 Å². The van der Waals surface area contributed by atoms with Crippen molar-refractivity contribution in [2.45, 2.75) is 39.2 Å². The van der Waals surface area contributed by atoms with Gasteiger partial charge in [-0.15, -0.1) is 0 Å². The van der Waals surface area contributed by atoms with Gasteiger partial charge in [0.05, 0.1) is 11.3 Å². The summed E-state index contributed by atoms with van der Waals surface area (Å²) in [5.74, 6) is -0.547. The standard InChI is InChI=1S/C15H20N2O3/c1-9-5-4-6-11(13(18)19)12(9)16-14(20)17-15(2,3)10-7-8-10/h4-6,10H,7-8H2,1-3H3,(H,18,19)(H2,16,17,20). The van der Waals surface area contributed by atoms with Crippen molar-refractivity contribution in [3.8, 4) is 0 Å². The number of carbonyl (C=O) groups excluding carboxylic acids is 1. The third-order valence-corrected chi connectivity index (χ3v) is 3.78. The van der Waals surface area contributed by atoms with Gasteiger partial charge in [0.2, 0.25) is 0 Å². The summed E-state index contributed by atoms with van der Waals surface area (Å²) in [7, 11) is 0. The molecule has 0 bridgehead atoms. The Hall–Kier alpha value is -2.04. The van der Waals surface area contributed by atoms with Gasteiger partial charge in [0.1, 0.15) is 0 Å². The number of hydrogen-bond acceptors (Lipinski definition) is 2. The van der Waals surface area contributed by atoms with Gasteiger partial charge in [-0.1, -0.05) is 12.1 Å². The number of nitrogens with one attached hydrogen (secondary N) is 2. The second-order valence-electron chi connectivity index (χ2n) is 5.88. The van der Waals surface area contributed by atoms with Crippen LogP contribution in [0.2, 0.25) is 0 Å². The molecule has 0 spiro atoms. The quantitative estimate of drug-likeness (QED) is 0.791. The van der Waals surface area contributed by atoms with Gasteiger partial charge in [0.25, 0.3) is 0 Å². The first-order valence-electron chi connectivity index (χ1n) is 6.73. The highest BCUT2D eigenvalue weighted by Crippen LogP contribution is 2.39. The number of urea groups is 1. The van der Waals surface area contributed by atoms with E-state index >= 15 is 0 Å². The zero-order valence-electron chi connectivity index (χ0n) is 12.0. The number of carboxylic acids is 1. The third kappa shape index (κ3) is 3.10. The van der Waals surface area contributed by atoms with Crippen molar-refractivity contribution in [1.82, 2.24) is 5.32 Å². The van der Waals surface area contributed by atoms with Crippen LogP contribution in [0.15, 0.2) is 18.2 Å². The lowest BCUT2D eigenvalue weighted by Crippen LogP contribution is -2.47. The monoisotopic (exact) mass is 276 g/mol. The maximum atomic E-state index is 12.1. The molecule has 3 N–H and O–H groups in total. The largest absolute Gasteiger partial charge is 0.478 e. The van der Waals surface area contributed by atoms with E-state index in [1.54, 1.807) is 19.1 Å². The minimum absolute atomic E-state index is 0.101. The third-order valence-electron chi connectivity index (χ3n) is 3.78. The molecule has 108 valence electrons. The highest BCUT2D eigenvalue weighted by Gasteiger charge is 2.38. The van der Waals surface area contributed by atoms with Crippen LogP contribution < -0.4 is 10.6 Å². The van der Waals surface area contributed by atoms with E-state index in [1.807, 2.05) is 13.8 Å². The molecular weight excluding hydrogens is 256 g/mol. The van der Waals surface area contributed by atoms with Crippen LogP contribution in [-0.4, -0.2) is 22.6 Å². The number of carboxylic acid groups (broad SMARTS) is 1. The number of aromatic carboxylic acids is 1. The number of para-hydroxylation sites is 1. The van der Waals surface area contributed by atoms with E-state index in [-0.39, 0.29) is 17.1 Å². The molecule has 1 aliphatic rings. The topological polar surface area (TPSA) is 78.4 Å². The smallest absolute Gasteiger partial charge is 0.337 e. The summed E-state index contributed by atoms with van der Waals surface area (Å²) in [5, 5.41) is 14.7. The van der Waals surface area contributed by atoms with Gasteiger partial charge in [-0.05, 0) is 51.2 Å². The fourth-order valence-corrected chi connectivity index (χ4v) is 2.36. The molecule has 0 unspecified atom stereocenters. The van der Waals surface area contributed by atoms with Gasteiger partial charge in [0, 0.05) is 5.54 Å². The van der Waals surface area contributed by atoms with E-state index in [0.29, 0.717) is 11.6 Å². The Bertz CT molecular complexity index is 548. The highest BCUT2D eigenvalue weighted by molar-refractivity contribution is 6.01. The van der Waals surface area contributed by atoms with Crippen LogP contribution in [0.1, 0.15) is 42.6 Å². The lowest BCUT2D eigenvalue weighted by atomic mass is 9.99. The molecule has 1 fully saturated rings. The Labute approximate surface area is 118 Å². The summed E-state index contributed by atoms with van der Waals surface area (Å²) < 4.78 is 0. The van der Waals surface area contributed by atoms with Crippen LogP contribution in [0.3, 0.4) is 0 Å². The molecular formula is C15H20N2O3. The molecule has 1 aromatic carbocycles. The van der Waals surface area contributed by atoms with Crippen molar-refractivity contribution in [2.75, 3.05) is 5.32 Å². The molecule has 1 aromatic rings. The van der Waals surface area contributed by atoms with Crippen molar-refractivity contribution in [2.24, 2.45) is 5.92 Å².